The van der Waals surface area contributed by atoms with Crippen molar-refractivity contribution >= 4 is 27.5 Å². The minimum absolute atomic E-state index is 0.535. The second-order valence-corrected chi connectivity index (χ2v) is 6.46. The number of benzene rings is 1. The highest BCUT2D eigenvalue weighted by atomic mass is 79.9. The molecule has 0 fully saturated rings. The number of nitrogens with zero attached hydrogens (tertiary/aromatic N) is 1. The average molecular weight is 362 g/mol. The smallest absolute Gasteiger partial charge is 0.0551 e. The molecule has 0 radical (unpaired) electrons. The summed E-state index contributed by atoms with van der Waals surface area (Å²) < 4.78 is 0.954. The van der Waals surface area contributed by atoms with Gasteiger partial charge in [-0.2, -0.15) is 0 Å². The Hall–Kier alpha value is -0.0900. The Morgan fingerprint density at radius 2 is 2.00 bits per heavy atom. The van der Waals surface area contributed by atoms with E-state index in [-0.39, 0.29) is 0 Å². The minimum atomic E-state index is 0.535. The third-order valence-corrected chi connectivity index (χ3v) is 4.88. The summed E-state index contributed by atoms with van der Waals surface area (Å²) in [6, 6.07) is 6.66. The number of nitrogens with one attached hydrogen (secondary N) is 1. The normalized spacial score (nSPS) is 12.9. The van der Waals surface area contributed by atoms with Crippen LogP contribution < -0.4 is 5.32 Å². The van der Waals surface area contributed by atoms with Crippen LogP contribution in [0.3, 0.4) is 0 Å². The maximum atomic E-state index is 6.10. The van der Waals surface area contributed by atoms with E-state index in [1.54, 1.807) is 0 Å². The van der Waals surface area contributed by atoms with E-state index in [9.17, 15) is 0 Å². The molecule has 2 nitrogen and oxygen atoms in total. The van der Waals surface area contributed by atoms with E-state index in [1.807, 2.05) is 12.1 Å². The first kappa shape index (κ1) is 18.0. The third kappa shape index (κ3) is 6.57. The van der Waals surface area contributed by atoms with Crippen molar-refractivity contribution in [2.75, 3.05) is 19.6 Å². The Morgan fingerprint density at radius 3 is 2.60 bits per heavy atom. The van der Waals surface area contributed by atoms with Crippen molar-refractivity contribution in [1.29, 1.82) is 0 Å². The van der Waals surface area contributed by atoms with Gasteiger partial charge >= 0.3 is 0 Å². The fourth-order valence-corrected chi connectivity index (χ4v) is 2.65. The predicted octanol–water partition coefficient (Wildman–Crippen LogP) is 4.70. The molecular formula is C16H26BrClN2. The second kappa shape index (κ2) is 9.78. The monoisotopic (exact) mass is 360 g/mol. The molecule has 20 heavy (non-hydrogen) atoms. The molecule has 0 aliphatic rings. The van der Waals surface area contributed by atoms with Gasteiger partial charge < -0.3 is 10.2 Å². The van der Waals surface area contributed by atoms with Gasteiger partial charge in [0.15, 0.2) is 0 Å². The maximum absolute atomic E-state index is 6.10. The molecule has 0 amide bonds. The summed E-state index contributed by atoms with van der Waals surface area (Å²) in [6.45, 7) is 11.1. The molecule has 1 rings (SSSR count). The van der Waals surface area contributed by atoms with Gasteiger partial charge in [-0.3, -0.25) is 0 Å². The van der Waals surface area contributed by atoms with Crippen molar-refractivity contribution < 1.29 is 0 Å². The molecule has 1 aromatic carbocycles. The van der Waals surface area contributed by atoms with Crippen molar-refractivity contribution in [3.63, 3.8) is 0 Å². The molecule has 1 unspecified atom stereocenters. The van der Waals surface area contributed by atoms with Crippen LogP contribution in [0.25, 0.3) is 0 Å². The maximum Gasteiger partial charge on any atom is 0.0551 e. The van der Waals surface area contributed by atoms with Gasteiger partial charge in [0.05, 0.1) is 5.02 Å². The molecule has 0 aliphatic carbocycles. The molecule has 0 saturated carbocycles. The van der Waals surface area contributed by atoms with E-state index in [4.69, 9.17) is 11.6 Å². The zero-order chi connectivity index (χ0) is 15.0. The third-order valence-electron chi connectivity index (χ3n) is 3.64. The van der Waals surface area contributed by atoms with E-state index in [0.29, 0.717) is 6.04 Å². The van der Waals surface area contributed by atoms with Crippen molar-refractivity contribution in [3.8, 4) is 0 Å². The molecule has 0 heterocycles. The largest absolute Gasteiger partial charge is 0.310 e. The summed E-state index contributed by atoms with van der Waals surface area (Å²) in [6.07, 6.45) is 2.46. The molecule has 1 N–H and O–H groups in total. The molecule has 1 atom stereocenters. The summed E-state index contributed by atoms with van der Waals surface area (Å²) in [5, 5.41) is 4.34. The van der Waals surface area contributed by atoms with Gasteiger partial charge in [0.1, 0.15) is 0 Å². The minimum Gasteiger partial charge on any atom is -0.310 e. The Labute approximate surface area is 137 Å². The summed E-state index contributed by atoms with van der Waals surface area (Å²) in [5.41, 5.74) is 1.23. The van der Waals surface area contributed by atoms with E-state index in [2.05, 4.69) is 53.0 Å². The lowest BCUT2D eigenvalue weighted by Crippen LogP contribution is -2.28. The molecular weight excluding hydrogens is 336 g/mol. The molecule has 114 valence electrons. The van der Waals surface area contributed by atoms with E-state index >= 15 is 0 Å². The first-order valence-electron chi connectivity index (χ1n) is 7.46. The summed E-state index contributed by atoms with van der Waals surface area (Å²) in [7, 11) is 0. The lowest BCUT2D eigenvalue weighted by molar-refractivity contribution is 0.290. The highest BCUT2D eigenvalue weighted by Crippen LogP contribution is 2.23. The Balaban J connectivity index is 2.25. The van der Waals surface area contributed by atoms with E-state index < -0.39 is 0 Å². The fraction of sp³-hybridized carbons (Fsp3) is 0.625. The van der Waals surface area contributed by atoms with Gasteiger partial charge in [0.25, 0.3) is 0 Å². The van der Waals surface area contributed by atoms with Gasteiger partial charge in [-0.25, -0.2) is 0 Å². The quantitative estimate of drug-likeness (QED) is 0.685. The number of rotatable bonds is 9. The van der Waals surface area contributed by atoms with Gasteiger partial charge in [0.2, 0.25) is 0 Å². The SMILES string of the molecule is CCN(CC)CCCC(C)NCc1ccc(Br)c(Cl)c1. The molecule has 0 saturated heterocycles. The van der Waals surface area contributed by atoms with Crippen molar-refractivity contribution in [2.45, 2.75) is 46.2 Å². The van der Waals surface area contributed by atoms with Gasteiger partial charge in [-0.05, 0) is 73.0 Å². The topological polar surface area (TPSA) is 15.3 Å². The zero-order valence-electron chi connectivity index (χ0n) is 12.8. The fourth-order valence-electron chi connectivity index (χ4n) is 2.20. The van der Waals surface area contributed by atoms with E-state index in [0.717, 1.165) is 29.1 Å². The Morgan fingerprint density at radius 1 is 1.30 bits per heavy atom. The van der Waals surface area contributed by atoms with Crippen molar-refractivity contribution in [2.24, 2.45) is 0 Å². The number of halogens is 2. The van der Waals surface area contributed by atoms with Crippen LogP contribution in [0.5, 0.6) is 0 Å². The van der Waals surface area contributed by atoms with Crippen molar-refractivity contribution in [3.05, 3.63) is 33.3 Å². The van der Waals surface area contributed by atoms with Crippen LogP contribution in [0.1, 0.15) is 39.2 Å². The molecule has 0 aliphatic heterocycles. The van der Waals surface area contributed by atoms with Crippen LogP contribution in [0.2, 0.25) is 5.02 Å². The highest BCUT2D eigenvalue weighted by Gasteiger charge is 2.05. The average Bonchev–Trinajstić information content (AvgIpc) is 2.45. The molecule has 0 aromatic heterocycles. The molecule has 0 spiro atoms. The zero-order valence-corrected chi connectivity index (χ0v) is 15.1. The van der Waals surface area contributed by atoms with Crippen LogP contribution in [0.15, 0.2) is 22.7 Å². The molecule has 4 heteroatoms. The number of hydrogen-bond acceptors (Lipinski definition) is 2. The standard InChI is InChI=1S/C16H26BrClN2/c1-4-20(5-2)10-6-7-13(3)19-12-14-8-9-15(17)16(18)11-14/h8-9,11,13,19H,4-7,10,12H2,1-3H3. The highest BCUT2D eigenvalue weighted by molar-refractivity contribution is 9.10. The predicted molar refractivity (Wildman–Crippen MR) is 92.5 cm³/mol. The van der Waals surface area contributed by atoms with Gasteiger partial charge in [-0.15, -0.1) is 0 Å². The van der Waals surface area contributed by atoms with E-state index in [1.165, 1.54) is 24.9 Å². The van der Waals surface area contributed by atoms with Gasteiger partial charge in [-0.1, -0.05) is 31.5 Å². The number of hydrogen-bond donors (Lipinski definition) is 1. The second-order valence-electron chi connectivity index (χ2n) is 5.20. The summed E-state index contributed by atoms with van der Waals surface area (Å²) in [5.74, 6) is 0. The van der Waals surface area contributed by atoms with Crippen LogP contribution in [0, 0.1) is 0 Å². The van der Waals surface area contributed by atoms with Gasteiger partial charge in [0, 0.05) is 17.1 Å². The lowest BCUT2D eigenvalue weighted by atomic mass is 10.1. The Kier molecular flexibility index (Phi) is 8.78. The Bertz CT molecular complexity index is 394. The first-order chi connectivity index (χ1) is 9.56. The summed E-state index contributed by atoms with van der Waals surface area (Å²) in [4.78, 5) is 2.47. The lowest BCUT2D eigenvalue weighted by Gasteiger charge is -2.19. The molecule has 0 bridgehead atoms. The molecule has 1 aromatic rings. The first-order valence-corrected chi connectivity index (χ1v) is 8.63. The van der Waals surface area contributed by atoms with Crippen LogP contribution in [0.4, 0.5) is 0 Å². The van der Waals surface area contributed by atoms with Crippen molar-refractivity contribution in [1.82, 2.24) is 10.2 Å². The van der Waals surface area contributed by atoms with Crippen LogP contribution in [-0.4, -0.2) is 30.6 Å². The van der Waals surface area contributed by atoms with Crippen LogP contribution >= 0.6 is 27.5 Å². The summed E-state index contributed by atoms with van der Waals surface area (Å²) >= 11 is 9.51. The van der Waals surface area contributed by atoms with Crippen LogP contribution in [-0.2, 0) is 6.54 Å².